The van der Waals surface area contributed by atoms with E-state index in [1.54, 1.807) is 0 Å². The summed E-state index contributed by atoms with van der Waals surface area (Å²) < 4.78 is 0. The summed E-state index contributed by atoms with van der Waals surface area (Å²) in [5.41, 5.74) is 0.567. The topological polar surface area (TPSA) is 15.3 Å². The number of nitrogens with one attached hydrogen (secondary N) is 1. The molecule has 0 aromatic heterocycles. The predicted molar refractivity (Wildman–Crippen MR) is 71.8 cm³/mol. The van der Waals surface area contributed by atoms with Crippen LogP contribution in [0.3, 0.4) is 0 Å². The van der Waals surface area contributed by atoms with Crippen LogP contribution in [0.2, 0.25) is 0 Å². The Balaban J connectivity index is 2.21. The molecule has 0 heterocycles. The fourth-order valence-corrected chi connectivity index (χ4v) is 2.66. The highest BCUT2D eigenvalue weighted by Gasteiger charge is 2.26. The van der Waals surface area contributed by atoms with Gasteiger partial charge in [-0.25, -0.2) is 0 Å². The first kappa shape index (κ1) is 14.0. The van der Waals surface area contributed by atoms with Crippen molar-refractivity contribution in [1.29, 1.82) is 0 Å². The Morgan fingerprint density at radius 3 is 2.44 bits per heavy atom. The highest BCUT2D eigenvalue weighted by atomic mass is 15.1. The summed E-state index contributed by atoms with van der Waals surface area (Å²) >= 11 is 0. The number of nitrogens with zero attached hydrogens (tertiary/aromatic N) is 1. The quantitative estimate of drug-likeness (QED) is 0.749. The lowest BCUT2D eigenvalue weighted by atomic mass is 9.75. The van der Waals surface area contributed by atoms with Gasteiger partial charge in [-0.15, -0.1) is 0 Å². The Kier molecular flexibility index (Phi) is 5.77. The van der Waals surface area contributed by atoms with Crippen LogP contribution in [0.25, 0.3) is 0 Å². The fourth-order valence-electron chi connectivity index (χ4n) is 2.66. The van der Waals surface area contributed by atoms with Crippen LogP contribution in [0.4, 0.5) is 0 Å². The van der Waals surface area contributed by atoms with Crippen molar-refractivity contribution in [3.63, 3.8) is 0 Å². The van der Waals surface area contributed by atoms with Crippen molar-refractivity contribution in [2.45, 2.75) is 58.9 Å². The number of rotatable bonds is 6. The highest BCUT2D eigenvalue weighted by Crippen LogP contribution is 2.34. The van der Waals surface area contributed by atoms with Crippen LogP contribution in [-0.2, 0) is 0 Å². The van der Waals surface area contributed by atoms with Gasteiger partial charge < -0.3 is 10.2 Å². The zero-order chi connectivity index (χ0) is 12.0. The third-order valence-corrected chi connectivity index (χ3v) is 4.06. The first-order valence-corrected chi connectivity index (χ1v) is 6.98. The summed E-state index contributed by atoms with van der Waals surface area (Å²) in [7, 11) is 2.19. The van der Waals surface area contributed by atoms with Gasteiger partial charge in [0.1, 0.15) is 0 Å². The predicted octanol–water partition coefficient (Wildman–Crippen LogP) is 2.89. The smallest absolute Gasteiger partial charge is 0.0166 e. The Morgan fingerprint density at radius 1 is 1.25 bits per heavy atom. The molecule has 0 amide bonds. The van der Waals surface area contributed by atoms with Gasteiger partial charge in [0, 0.05) is 19.1 Å². The highest BCUT2D eigenvalue weighted by molar-refractivity contribution is 4.82. The third-order valence-electron chi connectivity index (χ3n) is 4.06. The van der Waals surface area contributed by atoms with Crippen molar-refractivity contribution < 1.29 is 0 Å². The fraction of sp³-hybridized carbons (Fsp3) is 1.00. The van der Waals surface area contributed by atoms with Crippen molar-refractivity contribution in [2.24, 2.45) is 5.41 Å². The van der Waals surface area contributed by atoms with E-state index in [0.717, 1.165) is 13.1 Å². The van der Waals surface area contributed by atoms with Gasteiger partial charge in [-0.05, 0) is 38.8 Å². The van der Waals surface area contributed by atoms with E-state index >= 15 is 0 Å². The van der Waals surface area contributed by atoms with Gasteiger partial charge in [0.25, 0.3) is 0 Å². The normalized spacial score (nSPS) is 22.3. The SMILES string of the molecule is CCN(C)CC(C)NCC1(C)CCCCC1. The maximum absolute atomic E-state index is 3.72. The molecule has 2 nitrogen and oxygen atoms in total. The van der Waals surface area contributed by atoms with E-state index in [4.69, 9.17) is 0 Å². The Bertz CT molecular complexity index is 185. The van der Waals surface area contributed by atoms with Gasteiger partial charge in [0.15, 0.2) is 0 Å². The standard InChI is InChI=1S/C14H30N2/c1-5-16(4)11-13(2)15-12-14(3)9-7-6-8-10-14/h13,15H,5-12H2,1-4H3. The summed E-state index contributed by atoms with van der Waals surface area (Å²) in [5.74, 6) is 0. The molecule has 2 heteroatoms. The molecule has 0 spiro atoms. The summed E-state index contributed by atoms with van der Waals surface area (Å²) in [6, 6.07) is 0.615. The van der Waals surface area contributed by atoms with Gasteiger partial charge in [-0.3, -0.25) is 0 Å². The van der Waals surface area contributed by atoms with E-state index in [1.165, 1.54) is 38.6 Å². The molecule has 0 aromatic carbocycles. The molecule has 96 valence electrons. The summed E-state index contributed by atoms with van der Waals surface area (Å²) in [4.78, 5) is 2.38. The average Bonchev–Trinajstić information content (AvgIpc) is 2.27. The van der Waals surface area contributed by atoms with Crippen LogP contribution in [0.5, 0.6) is 0 Å². The number of hydrogen-bond acceptors (Lipinski definition) is 2. The number of hydrogen-bond donors (Lipinski definition) is 1. The lowest BCUT2D eigenvalue weighted by molar-refractivity contribution is 0.194. The van der Waals surface area contributed by atoms with Gasteiger partial charge >= 0.3 is 0 Å². The molecule has 1 saturated carbocycles. The van der Waals surface area contributed by atoms with E-state index in [1.807, 2.05) is 0 Å². The largest absolute Gasteiger partial charge is 0.312 e. The molecule has 1 N–H and O–H groups in total. The van der Waals surface area contributed by atoms with Gasteiger partial charge in [0.05, 0.1) is 0 Å². The Morgan fingerprint density at radius 2 is 1.88 bits per heavy atom. The van der Waals surface area contributed by atoms with E-state index in [0.29, 0.717) is 11.5 Å². The molecular weight excluding hydrogens is 196 g/mol. The Labute approximate surface area is 102 Å². The lowest BCUT2D eigenvalue weighted by Crippen LogP contribution is -2.43. The monoisotopic (exact) mass is 226 g/mol. The molecule has 1 aliphatic carbocycles. The van der Waals surface area contributed by atoms with E-state index in [9.17, 15) is 0 Å². The van der Waals surface area contributed by atoms with Crippen molar-refractivity contribution in [3.05, 3.63) is 0 Å². The van der Waals surface area contributed by atoms with E-state index in [2.05, 4.69) is 38.0 Å². The van der Waals surface area contributed by atoms with Gasteiger partial charge in [-0.2, -0.15) is 0 Å². The minimum Gasteiger partial charge on any atom is -0.312 e. The van der Waals surface area contributed by atoms with Crippen molar-refractivity contribution in [1.82, 2.24) is 10.2 Å². The second-order valence-electron chi connectivity index (χ2n) is 6.01. The van der Waals surface area contributed by atoms with E-state index in [-0.39, 0.29) is 0 Å². The zero-order valence-corrected chi connectivity index (χ0v) is 11.7. The van der Waals surface area contributed by atoms with Gasteiger partial charge in [-0.1, -0.05) is 33.1 Å². The number of likely N-dealkylation sites (N-methyl/N-ethyl adjacent to an activating group) is 1. The maximum atomic E-state index is 3.72. The molecule has 1 atom stereocenters. The molecule has 1 aliphatic rings. The molecule has 16 heavy (non-hydrogen) atoms. The summed E-state index contributed by atoms with van der Waals surface area (Å²) in [6.07, 6.45) is 7.14. The average molecular weight is 226 g/mol. The zero-order valence-electron chi connectivity index (χ0n) is 11.7. The summed E-state index contributed by atoms with van der Waals surface area (Å²) in [6.45, 7) is 10.5. The molecule has 0 saturated heterocycles. The van der Waals surface area contributed by atoms with Crippen molar-refractivity contribution >= 4 is 0 Å². The minimum atomic E-state index is 0.567. The van der Waals surface area contributed by atoms with E-state index < -0.39 is 0 Å². The lowest BCUT2D eigenvalue weighted by Gasteiger charge is -2.35. The van der Waals surface area contributed by atoms with Gasteiger partial charge in [0.2, 0.25) is 0 Å². The third kappa shape index (κ3) is 4.84. The molecular formula is C14H30N2. The maximum Gasteiger partial charge on any atom is 0.0166 e. The summed E-state index contributed by atoms with van der Waals surface area (Å²) in [5, 5.41) is 3.72. The Hall–Kier alpha value is -0.0800. The van der Waals surface area contributed by atoms with Crippen LogP contribution in [-0.4, -0.2) is 37.6 Å². The second-order valence-corrected chi connectivity index (χ2v) is 6.01. The van der Waals surface area contributed by atoms with Crippen LogP contribution in [0.15, 0.2) is 0 Å². The molecule has 0 aromatic rings. The van der Waals surface area contributed by atoms with Crippen LogP contribution in [0.1, 0.15) is 52.9 Å². The second kappa shape index (κ2) is 6.61. The van der Waals surface area contributed by atoms with Crippen molar-refractivity contribution in [3.8, 4) is 0 Å². The first-order chi connectivity index (χ1) is 7.56. The first-order valence-electron chi connectivity index (χ1n) is 6.98. The molecule has 1 fully saturated rings. The molecule has 1 rings (SSSR count). The molecule has 0 radical (unpaired) electrons. The molecule has 1 unspecified atom stereocenters. The molecule has 0 aliphatic heterocycles. The minimum absolute atomic E-state index is 0.567. The van der Waals surface area contributed by atoms with Crippen LogP contribution >= 0.6 is 0 Å². The van der Waals surface area contributed by atoms with Crippen LogP contribution < -0.4 is 5.32 Å². The van der Waals surface area contributed by atoms with Crippen LogP contribution in [0, 0.1) is 5.41 Å². The van der Waals surface area contributed by atoms with Crippen molar-refractivity contribution in [2.75, 3.05) is 26.7 Å². The molecule has 0 bridgehead atoms.